The standard InChI is InChI=1S/C17H20N2O2/c1-11(12-6-2-3-7-12)19-16-14-9-5-4-8-13(14)15(10-18-16)17(20)21/h4-5,8-12H,2-3,6-7H2,1H3,(H,18,19)(H,20,21). The van der Waals surface area contributed by atoms with Gasteiger partial charge in [-0.25, -0.2) is 9.78 Å². The summed E-state index contributed by atoms with van der Waals surface area (Å²) < 4.78 is 0. The van der Waals surface area contributed by atoms with E-state index in [1.165, 1.54) is 31.9 Å². The highest BCUT2D eigenvalue weighted by Gasteiger charge is 2.22. The third-order valence-corrected chi connectivity index (χ3v) is 4.50. The molecule has 3 rings (SSSR count). The normalized spacial score (nSPS) is 17.0. The number of nitrogens with one attached hydrogen (secondary N) is 1. The molecule has 1 saturated carbocycles. The number of pyridine rings is 1. The fraction of sp³-hybridized carbons (Fsp3) is 0.412. The zero-order valence-electron chi connectivity index (χ0n) is 12.2. The van der Waals surface area contributed by atoms with Crippen molar-refractivity contribution < 1.29 is 9.90 Å². The monoisotopic (exact) mass is 284 g/mol. The molecule has 0 amide bonds. The van der Waals surface area contributed by atoms with Gasteiger partial charge in [0.15, 0.2) is 0 Å². The van der Waals surface area contributed by atoms with Crippen LogP contribution in [0, 0.1) is 5.92 Å². The topological polar surface area (TPSA) is 62.2 Å². The number of carboxylic acids is 1. The van der Waals surface area contributed by atoms with Gasteiger partial charge in [0.2, 0.25) is 0 Å². The summed E-state index contributed by atoms with van der Waals surface area (Å²) in [4.78, 5) is 15.6. The zero-order valence-corrected chi connectivity index (χ0v) is 12.2. The highest BCUT2D eigenvalue weighted by molar-refractivity contribution is 6.06. The zero-order chi connectivity index (χ0) is 14.8. The average molecular weight is 284 g/mol. The van der Waals surface area contributed by atoms with Crippen LogP contribution in [-0.2, 0) is 0 Å². The van der Waals surface area contributed by atoms with Crippen molar-refractivity contribution in [2.75, 3.05) is 5.32 Å². The van der Waals surface area contributed by atoms with Gasteiger partial charge in [-0.3, -0.25) is 0 Å². The van der Waals surface area contributed by atoms with E-state index in [2.05, 4.69) is 17.2 Å². The summed E-state index contributed by atoms with van der Waals surface area (Å²) in [6.07, 6.45) is 6.60. The minimum atomic E-state index is -0.936. The molecule has 1 aromatic carbocycles. The third kappa shape index (κ3) is 2.71. The molecule has 0 radical (unpaired) electrons. The second-order valence-corrected chi connectivity index (χ2v) is 5.85. The Morgan fingerprint density at radius 1 is 1.29 bits per heavy atom. The molecule has 21 heavy (non-hydrogen) atoms. The van der Waals surface area contributed by atoms with E-state index in [1.54, 1.807) is 0 Å². The Bertz CT molecular complexity index is 663. The van der Waals surface area contributed by atoms with Crippen LogP contribution in [0.3, 0.4) is 0 Å². The van der Waals surface area contributed by atoms with Crippen LogP contribution in [0.1, 0.15) is 43.0 Å². The maximum atomic E-state index is 11.3. The molecule has 4 nitrogen and oxygen atoms in total. The van der Waals surface area contributed by atoms with Gasteiger partial charge in [0, 0.05) is 23.0 Å². The van der Waals surface area contributed by atoms with E-state index in [9.17, 15) is 9.90 Å². The Morgan fingerprint density at radius 2 is 1.95 bits per heavy atom. The minimum absolute atomic E-state index is 0.254. The second-order valence-electron chi connectivity index (χ2n) is 5.85. The van der Waals surface area contributed by atoms with Crippen molar-refractivity contribution in [1.29, 1.82) is 0 Å². The van der Waals surface area contributed by atoms with E-state index in [0.717, 1.165) is 16.6 Å². The van der Waals surface area contributed by atoms with Crippen molar-refractivity contribution in [1.82, 2.24) is 4.98 Å². The first-order valence-corrected chi connectivity index (χ1v) is 7.54. The van der Waals surface area contributed by atoms with Crippen LogP contribution >= 0.6 is 0 Å². The lowest BCUT2D eigenvalue weighted by Crippen LogP contribution is -2.24. The second kappa shape index (κ2) is 5.72. The van der Waals surface area contributed by atoms with Crippen LogP contribution < -0.4 is 5.32 Å². The molecular formula is C17H20N2O2. The predicted octanol–water partition coefficient (Wildman–Crippen LogP) is 3.92. The van der Waals surface area contributed by atoms with E-state index >= 15 is 0 Å². The van der Waals surface area contributed by atoms with Gasteiger partial charge in [0.25, 0.3) is 0 Å². The number of benzene rings is 1. The number of carboxylic acid groups (broad SMARTS) is 1. The first-order chi connectivity index (χ1) is 10.2. The van der Waals surface area contributed by atoms with E-state index in [1.807, 2.05) is 24.3 Å². The Kier molecular flexibility index (Phi) is 3.78. The number of rotatable bonds is 4. The molecule has 1 atom stereocenters. The van der Waals surface area contributed by atoms with E-state index in [4.69, 9.17) is 0 Å². The van der Waals surface area contributed by atoms with E-state index < -0.39 is 5.97 Å². The summed E-state index contributed by atoms with van der Waals surface area (Å²) in [5, 5.41) is 14.4. The Morgan fingerprint density at radius 3 is 2.62 bits per heavy atom. The summed E-state index contributed by atoms with van der Waals surface area (Å²) in [5.74, 6) is 0.536. The number of hydrogen-bond donors (Lipinski definition) is 2. The molecule has 0 aliphatic heterocycles. The minimum Gasteiger partial charge on any atom is -0.478 e. The molecular weight excluding hydrogens is 264 g/mol. The molecule has 1 fully saturated rings. The van der Waals surface area contributed by atoms with Gasteiger partial charge in [-0.15, -0.1) is 0 Å². The average Bonchev–Trinajstić information content (AvgIpc) is 3.01. The van der Waals surface area contributed by atoms with Crippen molar-refractivity contribution in [3.05, 3.63) is 36.0 Å². The van der Waals surface area contributed by atoms with Crippen LogP contribution in [0.4, 0.5) is 5.82 Å². The lowest BCUT2D eigenvalue weighted by molar-refractivity contribution is 0.0698. The maximum absolute atomic E-state index is 11.3. The predicted molar refractivity (Wildman–Crippen MR) is 83.7 cm³/mol. The molecule has 2 aromatic rings. The number of hydrogen-bond acceptors (Lipinski definition) is 3. The molecule has 4 heteroatoms. The summed E-state index contributed by atoms with van der Waals surface area (Å²) >= 11 is 0. The van der Waals surface area contributed by atoms with Crippen molar-refractivity contribution in [3.63, 3.8) is 0 Å². The number of aromatic nitrogens is 1. The van der Waals surface area contributed by atoms with Gasteiger partial charge in [0.1, 0.15) is 5.82 Å². The summed E-state index contributed by atoms with van der Waals surface area (Å²) in [6, 6.07) is 7.91. The summed E-state index contributed by atoms with van der Waals surface area (Å²) in [6.45, 7) is 2.19. The van der Waals surface area contributed by atoms with Crippen LogP contribution in [0.15, 0.2) is 30.5 Å². The van der Waals surface area contributed by atoms with Crippen molar-refractivity contribution >= 4 is 22.6 Å². The van der Waals surface area contributed by atoms with Crippen LogP contribution in [-0.4, -0.2) is 22.1 Å². The van der Waals surface area contributed by atoms with Crippen LogP contribution in [0.25, 0.3) is 10.8 Å². The maximum Gasteiger partial charge on any atom is 0.337 e. The number of anilines is 1. The molecule has 1 aromatic heterocycles. The lowest BCUT2D eigenvalue weighted by atomic mass is 9.99. The van der Waals surface area contributed by atoms with Crippen molar-refractivity contribution in [2.45, 2.75) is 38.6 Å². The number of aromatic carboxylic acids is 1. The smallest absolute Gasteiger partial charge is 0.337 e. The largest absolute Gasteiger partial charge is 0.478 e. The third-order valence-electron chi connectivity index (χ3n) is 4.50. The summed E-state index contributed by atoms with van der Waals surface area (Å²) in [5.41, 5.74) is 0.254. The quantitative estimate of drug-likeness (QED) is 0.893. The van der Waals surface area contributed by atoms with Crippen LogP contribution in [0.2, 0.25) is 0 Å². The molecule has 1 unspecified atom stereocenters. The fourth-order valence-electron chi connectivity index (χ4n) is 3.27. The lowest BCUT2D eigenvalue weighted by Gasteiger charge is -2.22. The molecule has 2 N–H and O–H groups in total. The van der Waals surface area contributed by atoms with Gasteiger partial charge in [-0.05, 0) is 25.7 Å². The van der Waals surface area contributed by atoms with Crippen molar-refractivity contribution in [2.24, 2.45) is 5.92 Å². The highest BCUT2D eigenvalue weighted by atomic mass is 16.4. The first-order valence-electron chi connectivity index (χ1n) is 7.54. The van der Waals surface area contributed by atoms with Gasteiger partial charge in [-0.2, -0.15) is 0 Å². The van der Waals surface area contributed by atoms with Gasteiger partial charge in [0.05, 0.1) is 5.56 Å². The first kappa shape index (κ1) is 13.9. The van der Waals surface area contributed by atoms with Gasteiger partial charge < -0.3 is 10.4 Å². The van der Waals surface area contributed by atoms with Crippen molar-refractivity contribution in [3.8, 4) is 0 Å². The molecule has 110 valence electrons. The SMILES string of the molecule is CC(Nc1ncc(C(=O)O)c2ccccc12)C1CCCC1. The van der Waals surface area contributed by atoms with Gasteiger partial charge >= 0.3 is 5.97 Å². The Labute approximate surface area is 124 Å². The molecule has 1 aliphatic rings. The fourth-order valence-corrected chi connectivity index (χ4v) is 3.27. The molecule has 0 bridgehead atoms. The number of carbonyl (C=O) groups is 1. The molecule has 0 saturated heterocycles. The molecule has 1 heterocycles. The number of fused-ring (bicyclic) bond motifs is 1. The Hall–Kier alpha value is -2.10. The van der Waals surface area contributed by atoms with E-state index in [-0.39, 0.29) is 5.56 Å². The Balaban J connectivity index is 1.95. The molecule has 1 aliphatic carbocycles. The number of nitrogens with zero attached hydrogens (tertiary/aromatic N) is 1. The highest BCUT2D eigenvalue weighted by Crippen LogP contribution is 2.31. The molecule has 0 spiro atoms. The summed E-state index contributed by atoms with van der Waals surface area (Å²) in [7, 11) is 0. The van der Waals surface area contributed by atoms with Crippen LogP contribution in [0.5, 0.6) is 0 Å². The van der Waals surface area contributed by atoms with Gasteiger partial charge in [-0.1, -0.05) is 37.1 Å². The van der Waals surface area contributed by atoms with E-state index in [0.29, 0.717) is 12.0 Å².